The highest BCUT2D eigenvalue weighted by Crippen LogP contribution is 2.70. The maximum absolute atomic E-state index is 12.3. The van der Waals surface area contributed by atoms with Crippen molar-refractivity contribution < 1.29 is 14.7 Å². The molecule has 0 bridgehead atoms. The van der Waals surface area contributed by atoms with Gasteiger partial charge in [-0.15, -0.1) is 0 Å². The summed E-state index contributed by atoms with van der Waals surface area (Å²) in [6.45, 7) is 0. The minimum atomic E-state index is -0.910. The van der Waals surface area contributed by atoms with Gasteiger partial charge in [0.2, 0.25) is 5.91 Å². The van der Waals surface area contributed by atoms with Gasteiger partial charge >= 0.3 is 5.97 Å². The molecule has 3 aliphatic carbocycles. The number of carbonyl (C=O) groups excluding carboxylic acids is 1. The van der Waals surface area contributed by atoms with Gasteiger partial charge in [-0.25, -0.2) is 4.79 Å². The van der Waals surface area contributed by atoms with Gasteiger partial charge in [0.1, 0.15) is 6.04 Å². The van der Waals surface area contributed by atoms with Crippen molar-refractivity contribution in [2.45, 2.75) is 56.9 Å². The van der Waals surface area contributed by atoms with Gasteiger partial charge < -0.3 is 10.4 Å². The SMILES string of the molecule is O=C(O)C(CC1CCCc2ccccc21)NC(=O)C1CC12CC2. The van der Waals surface area contributed by atoms with Crippen LogP contribution in [-0.2, 0) is 16.0 Å². The van der Waals surface area contributed by atoms with Crippen molar-refractivity contribution in [2.75, 3.05) is 0 Å². The second-order valence-electron chi connectivity index (χ2n) is 7.54. The van der Waals surface area contributed by atoms with Gasteiger partial charge in [0.15, 0.2) is 0 Å². The lowest BCUT2D eigenvalue weighted by Crippen LogP contribution is -2.43. The van der Waals surface area contributed by atoms with E-state index >= 15 is 0 Å². The van der Waals surface area contributed by atoms with Crippen LogP contribution in [0.3, 0.4) is 0 Å². The molecule has 1 spiro atoms. The molecule has 0 radical (unpaired) electrons. The fraction of sp³-hybridized carbons (Fsp3) is 0.579. The van der Waals surface area contributed by atoms with Crippen LogP contribution in [0.25, 0.3) is 0 Å². The van der Waals surface area contributed by atoms with Crippen LogP contribution in [0.15, 0.2) is 24.3 Å². The van der Waals surface area contributed by atoms with E-state index < -0.39 is 12.0 Å². The van der Waals surface area contributed by atoms with Gasteiger partial charge in [0.05, 0.1) is 0 Å². The molecule has 4 heteroatoms. The first-order chi connectivity index (χ1) is 11.1. The molecule has 2 saturated carbocycles. The van der Waals surface area contributed by atoms with Crippen molar-refractivity contribution in [1.82, 2.24) is 5.32 Å². The van der Waals surface area contributed by atoms with Crippen molar-refractivity contribution in [1.29, 1.82) is 0 Å². The average molecular weight is 313 g/mol. The number of carboxylic acid groups (broad SMARTS) is 1. The summed E-state index contributed by atoms with van der Waals surface area (Å²) < 4.78 is 0. The Hall–Kier alpha value is -1.84. The summed E-state index contributed by atoms with van der Waals surface area (Å²) in [4.78, 5) is 23.9. The normalized spacial score (nSPS) is 27.8. The molecule has 0 saturated heterocycles. The first-order valence-electron chi connectivity index (χ1n) is 8.70. The Morgan fingerprint density at radius 2 is 2.09 bits per heavy atom. The third-order valence-electron chi connectivity index (χ3n) is 6.03. The van der Waals surface area contributed by atoms with E-state index in [4.69, 9.17) is 0 Å². The van der Waals surface area contributed by atoms with Crippen molar-refractivity contribution in [3.05, 3.63) is 35.4 Å². The van der Waals surface area contributed by atoms with Crippen molar-refractivity contribution in [3.8, 4) is 0 Å². The highest BCUT2D eigenvalue weighted by molar-refractivity contribution is 5.87. The van der Waals surface area contributed by atoms with Crippen LogP contribution >= 0.6 is 0 Å². The fourth-order valence-electron chi connectivity index (χ4n) is 4.31. The van der Waals surface area contributed by atoms with E-state index in [-0.39, 0.29) is 23.2 Å². The number of hydrogen-bond acceptors (Lipinski definition) is 2. The van der Waals surface area contributed by atoms with Gasteiger partial charge in [-0.2, -0.15) is 0 Å². The van der Waals surface area contributed by atoms with Crippen molar-refractivity contribution in [2.24, 2.45) is 11.3 Å². The molecule has 4 rings (SSSR count). The third kappa shape index (κ3) is 2.75. The second-order valence-corrected chi connectivity index (χ2v) is 7.54. The first-order valence-corrected chi connectivity index (χ1v) is 8.70. The van der Waals surface area contributed by atoms with Gasteiger partial charge in [0, 0.05) is 5.92 Å². The van der Waals surface area contributed by atoms with Crippen molar-refractivity contribution >= 4 is 11.9 Å². The second kappa shape index (κ2) is 5.36. The number of hydrogen-bond donors (Lipinski definition) is 2. The van der Waals surface area contributed by atoms with Crippen LogP contribution in [0.4, 0.5) is 0 Å². The molecule has 4 nitrogen and oxygen atoms in total. The molecule has 0 heterocycles. The minimum absolute atomic E-state index is 0.0426. The number of amides is 1. The highest BCUT2D eigenvalue weighted by Gasteiger charge is 2.65. The Balaban J connectivity index is 1.44. The molecular weight excluding hydrogens is 290 g/mol. The molecule has 1 aromatic carbocycles. The molecular formula is C19H23NO3. The van der Waals surface area contributed by atoms with E-state index in [0.29, 0.717) is 6.42 Å². The minimum Gasteiger partial charge on any atom is -0.480 e. The number of carboxylic acids is 1. The molecule has 2 fully saturated rings. The molecule has 122 valence electrons. The maximum Gasteiger partial charge on any atom is 0.326 e. The number of fused-ring (bicyclic) bond motifs is 1. The zero-order valence-corrected chi connectivity index (χ0v) is 13.3. The van der Waals surface area contributed by atoms with Gasteiger partial charge in [-0.1, -0.05) is 24.3 Å². The molecule has 0 aliphatic heterocycles. The third-order valence-corrected chi connectivity index (χ3v) is 6.03. The smallest absolute Gasteiger partial charge is 0.326 e. The number of carbonyl (C=O) groups is 2. The topological polar surface area (TPSA) is 66.4 Å². The van der Waals surface area contributed by atoms with Crippen molar-refractivity contribution in [3.63, 3.8) is 0 Å². The fourth-order valence-corrected chi connectivity index (χ4v) is 4.31. The van der Waals surface area contributed by atoms with Crippen LogP contribution in [0.5, 0.6) is 0 Å². The molecule has 23 heavy (non-hydrogen) atoms. The summed E-state index contributed by atoms with van der Waals surface area (Å²) in [5.74, 6) is -0.649. The zero-order valence-electron chi connectivity index (χ0n) is 13.3. The predicted molar refractivity (Wildman–Crippen MR) is 86.1 cm³/mol. The molecule has 1 amide bonds. The van der Waals surface area contributed by atoms with Crippen LogP contribution in [-0.4, -0.2) is 23.0 Å². The molecule has 3 aliphatic rings. The summed E-state index contributed by atoms with van der Waals surface area (Å²) >= 11 is 0. The lowest BCUT2D eigenvalue weighted by Gasteiger charge is -2.28. The summed E-state index contributed by atoms with van der Waals surface area (Å²) in [6.07, 6.45) is 6.89. The first kappa shape index (κ1) is 14.7. The van der Waals surface area contributed by atoms with Crippen LogP contribution in [0, 0.1) is 11.3 Å². The highest BCUT2D eigenvalue weighted by atomic mass is 16.4. The average Bonchev–Trinajstić information content (AvgIpc) is 3.46. The lowest BCUT2D eigenvalue weighted by atomic mass is 9.79. The Morgan fingerprint density at radius 3 is 2.78 bits per heavy atom. The van der Waals surface area contributed by atoms with Crippen LogP contribution < -0.4 is 5.32 Å². The summed E-state index contributed by atoms with van der Waals surface area (Å²) in [7, 11) is 0. The molecule has 2 N–H and O–H groups in total. The Bertz CT molecular complexity index is 650. The van der Waals surface area contributed by atoms with E-state index in [1.54, 1.807) is 0 Å². The van der Waals surface area contributed by atoms with E-state index in [0.717, 1.165) is 38.5 Å². The van der Waals surface area contributed by atoms with Gasteiger partial charge in [-0.05, 0) is 67.4 Å². The Morgan fingerprint density at radius 1 is 1.30 bits per heavy atom. The Labute approximate surface area is 136 Å². The predicted octanol–water partition coefficient (Wildman–Crippen LogP) is 2.87. The molecule has 3 atom stereocenters. The number of rotatable bonds is 5. The van der Waals surface area contributed by atoms with E-state index in [1.165, 1.54) is 11.1 Å². The summed E-state index contributed by atoms with van der Waals surface area (Å²) in [5.41, 5.74) is 2.87. The lowest BCUT2D eigenvalue weighted by molar-refractivity contribution is -0.142. The largest absolute Gasteiger partial charge is 0.480 e. The van der Waals surface area contributed by atoms with E-state index in [9.17, 15) is 14.7 Å². The number of aliphatic carboxylic acids is 1. The quantitative estimate of drug-likeness (QED) is 0.878. The summed E-state index contributed by atoms with van der Waals surface area (Å²) in [5, 5.41) is 12.3. The van der Waals surface area contributed by atoms with E-state index in [2.05, 4.69) is 17.4 Å². The standard InChI is InChI=1S/C19H23NO3/c21-17(15-11-19(15)8-9-19)20-16(18(22)23)10-13-6-3-5-12-4-1-2-7-14(12)13/h1-2,4,7,13,15-16H,3,5-6,8-11H2,(H,20,21)(H,22,23). The Kier molecular flexibility index (Phi) is 3.43. The van der Waals surface area contributed by atoms with Gasteiger partial charge in [-0.3, -0.25) is 4.79 Å². The molecule has 3 unspecified atom stereocenters. The monoisotopic (exact) mass is 313 g/mol. The number of nitrogens with one attached hydrogen (secondary N) is 1. The van der Waals surface area contributed by atoms with Crippen LogP contribution in [0.1, 0.15) is 55.6 Å². The number of benzene rings is 1. The zero-order chi connectivity index (χ0) is 16.0. The molecule has 1 aromatic rings. The molecule has 0 aromatic heterocycles. The van der Waals surface area contributed by atoms with Gasteiger partial charge in [0.25, 0.3) is 0 Å². The maximum atomic E-state index is 12.3. The van der Waals surface area contributed by atoms with E-state index in [1.807, 2.05) is 12.1 Å². The number of aryl methyl sites for hydroxylation is 1. The van der Waals surface area contributed by atoms with Crippen LogP contribution in [0.2, 0.25) is 0 Å². The summed E-state index contributed by atoms with van der Waals surface area (Å²) in [6, 6.07) is 7.54.